The summed E-state index contributed by atoms with van der Waals surface area (Å²) >= 11 is 5.82. The molecule has 0 spiro atoms. The van der Waals surface area contributed by atoms with Gasteiger partial charge in [0.2, 0.25) is 5.88 Å². The van der Waals surface area contributed by atoms with Crippen LogP contribution >= 0.6 is 11.6 Å². The molecule has 1 aliphatic rings. The standard InChI is InChI=1S/C14H20ClNO/c1-10-5-3-4-6-13(10)17-14-8-7-12(9-15)11(2)16-14/h7-8,10,13H,3-6,9H2,1-2H3. The van der Waals surface area contributed by atoms with Crippen LogP contribution in [0.15, 0.2) is 12.1 Å². The third-order valence-corrected chi connectivity index (χ3v) is 3.91. The number of nitrogens with zero attached hydrogens (tertiary/aromatic N) is 1. The van der Waals surface area contributed by atoms with Crippen LogP contribution in [0.4, 0.5) is 0 Å². The highest BCUT2D eigenvalue weighted by atomic mass is 35.5. The van der Waals surface area contributed by atoms with Crippen LogP contribution in [0, 0.1) is 12.8 Å². The Balaban J connectivity index is 2.05. The second kappa shape index (κ2) is 5.72. The molecule has 0 saturated heterocycles. The van der Waals surface area contributed by atoms with Crippen LogP contribution in [0.25, 0.3) is 0 Å². The average molecular weight is 254 g/mol. The number of aryl methyl sites for hydroxylation is 1. The Bertz CT molecular complexity index is 380. The molecule has 3 heteroatoms. The van der Waals surface area contributed by atoms with E-state index in [1.807, 2.05) is 19.1 Å². The third-order valence-electron chi connectivity index (χ3n) is 3.62. The monoisotopic (exact) mass is 253 g/mol. The number of alkyl halides is 1. The highest BCUT2D eigenvalue weighted by Gasteiger charge is 2.23. The van der Waals surface area contributed by atoms with Gasteiger partial charge in [-0.25, -0.2) is 4.98 Å². The second-order valence-corrected chi connectivity index (χ2v) is 5.21. The molecular formula is C14H20ClNO. The Morgan fingerprint density at radius 1 is 1.35 bits per heavy atom. The van der Waals surface area contributed by atoms with Crippen molar-refractivity contribution in [3.05, 3.63) is 23.4 Å². The van der Waals surface area contributed by atoms with E-state index in [-0.39, 0.29) is 0 Å². The Morgan fingerprint density at radius 2 is 2.12 bits per heavy atom. The Kier molecular flexibility index (Phi) is 4.27. The SMILES string of the molecule is Cc1nc(OC2CCCCC2C)ccc1CCl. The van der Waals surface area contributed by atoms with Gasteiger partial charge in [-0.1, -0.05) is 19.4 Å². The normalized spacial score (nSPS) is 24.6. The summed E-state index contributed by atoms with van der Waals surface area (Å²) in [5, 5.41) is 0. The fourth-order valence-corrected chi connectivity index (χ4v) is 2.67. The molecule has 94 valence electrons. The lowest BCUT2D eigenvalue weighted by Gasteiger charge is -2.28. The lowest BCUT2D eigenvalue weighted by molar-refractivity contribution is 0.0974. The molecule has 17 heavy (non-hydrogen) atoms. The van der Waals surface area contributed by atoms with Crippen LogP contribution in [0.1, 0.15) is 43.9 Å². The summed E-state index contributed by atoms with van der Waals surface area (Å²) in [6.45, 7) is 4.25. The summed E-state index contributed by atoms with van der Waals surface area (Å²) < 4.78 is 5.99. The molecule has 2 unspecified atom stereocenters. The van der Waals surface area contributed by atoms with Crippen molar-refractivity contribution < 1.29 is 4.74 Å². The zero-order valence-electron chi connectivity index (χ0n) is 10.6. The van der Waals surface area contributed by atoms with Gasteiger partial charge >= 0.3 is 0 Å². The van der Waals surface area contributed by atoms with Crippen molar-refractivity contribution in [2.75, 3.05) is 0 Å². The quantitative estimate of drug-likeness (QED) is 0.757. The predicted molar refractivity (Wildman–Crippen MR) is 70.6 cm³/mol. The summed E-state index contributed by atoms with van der Waals surface area (Å²) in [7, 11) is 0. The first-order valence-electron chi connectivity index (χ1n) is 6.40. The number of pyridine rings is 1. The van der Waals surface area contributed by atoms with Crippen LogP contribution in [0.3, 0.4) is 0 Å². The zero-order chi connectivity index (χ0) is 12.3. The fourth-order valence-electron chi connectivity index (χ4n) is 2.39. The number of hydrogen-bond acceptors (Lipinski definition) is 2. The van der Waals surface area contributed by atoms with Crippen LogP contribution < -0.4 is 4.74 Å². The molecule has 2 rings (SSSR count). The van der Waals surface area contributed by atoms with Gasteiger partial charge in [0.25, 0.3) is 0 Å². The molecule has 1 fully saturated rings. The van der Waals surface area contributed by atoms with Crippen molar-refractivity contribution in [1.29, 1.82) is 0 Å². The van der Waals surface area contributed by atoms with Crippen molar-refractivity contribution in [3.63, 3.8) is 0 Å². The highest BCUT2D eigenvalue weighted by Crippen LogP contribution is 2.27. The maximum absolute atomic E-state index is 5.99. The highest BCUT2D eigenvalue weighted by molar-refractivity contribution is 6.17. The molecule has 1 saturated carbocycles. The number of halogens is 1. The molecule has 0 aromatic carbocycles. The first-order chi connectivity index (χ1) is 8.20. The fraction of sp³-hybridized carbons (Fsp3) is 0.643. The van der Waals surface area contributed by atoms with Crippen molar-refractivity contribution in [1.82, 2.24) is 4.98 Å². The smallest absolute Gasteiger partial charge is 0.213 e. The summed E-state index contributed by atoms with van der Waals surface area (Å²) in [6.07, 6.45) is 5.35. The first kappa shape index (κ1) is 12.7. The van der Waals surface area contributed by atoms with Crippen molar-refractivity contribution in [3.8, 4) is 5.88 Å². The number of aromatic nitrogens is 1. The average Bonchev–Trinajstić information content (AvgIpc) is 2.32. The van der Waals surface area contributed by atoms with Crippen molar-refractivity contribution in [2.45, 2.75) is 51.5 Å². The summed E-state index contributed by atoms with van der Waals surface area (Å²) in [6, 6.07) is 3.95. The molecule has 2 nitrogen and oxygen atoms in total. The molecule has 1 aromatic heterocycles. The molecule has 1 aromatic rings. The predicted octanol–water partition coefficient (Wildman–Crippen LogP) is 4.09. The van der Waals surface area contributed by atoms with E-state index in [4.69, 9.17) is 16.3 Å². The van der Waals surface area contributed by atoms with Crippen molar-refractivity contribution >= 4 is 11.6 Å². The number of ether oxygens (including phenoxy) is 1. The first-order valence-corrected chi connectivity index (χ1v) is 6.93. The minimum Gasteiger partial charge on any atom is -0.474 e. The molecule has 2 atom stereocenters. The number of hydrogen-bond donors (Lipinski definition) is 0. The van der Waals surface area contributed by atoms with E-state index in [0.29, 0.717) is 17.9 Å². The summed E-state index contributed by atoms with van der Waals surface area (Å²) in [5.41, 5.74) is 2.05. The van der Waals surface area contributed by atoms with Gasteiger partial charge in [0.1, 0.15) is 6.10 Å². The van der Waals surface area contributed by atoms with Crippen LogP contribution in [0.2, 0.25) is 0 Å². The Labute approximate surface area is 108 Å². The van der Waals surface area contributed by atoms with Crippen LogP contribution in [0.5, 0.6) is 5.88 Å². The van der Waals surface area contributed by atoms with Gasteiger partial charge in [-0.2, -0.15) is 0 Å². The second-order valence-electron chi connectivity index (χ2n) is 4.95. The van der Waals surface area contributed by atoms with E-state index in [0.717, 1.165) is 23.6 Å². The van der Waals surface area contributed by atoms with E-state index in [1.165, 1.54) is 19.3 Å². The largest absolute Gasteiger partial charge is 0.474 e. The van der Waals surface area contributed by atoms with Gasteiger partial charge in [-0.15, -0.1) is 11.6 Å². The third kappa shape index (κ3) is 3.12. The maximum Gasteiger partial charge on any atom is 0.213 e. The lowest BCUT2D eigenvalue weighted by Crippen LogP contribution is -2.28. The van der Waals surface area contributed by atoms with Gasteiger partial charge in [0.05, 0.1) is 0 Å². The van der Waals surface area contributed by atoms with Crippen LogP contribution in [-0.2, 0) is 5.88 Å². The number of rotatable bonds is 3. The summed E-state index contributed by atoms with van der Waals surface area (Å²) in [5.74, 6) is 1.90. The van der Waals surface area contributed by atoms with Crippen molar-refractivity contribution in [2.24, 2.45) is 5.92 Å². The van der Waals surface area contributed by atoms with Gasteiger partial charge in [-0.05, 0) is 37.7 Å². The molecule has 0 amide bonds. The van der Waals surface area contributed by atoms with E-state index in [9.17, 15) is 0 Å². The van der Waals surface area contributed by atoms with E-state index < -0.39 is 0 Å². The molecule has 0 bridgehead atoms. The van der Waals surface area contributed by atoms with Gasteiger partial charge in [0.15, 0.2) is 0 Å². The minimum absolute atomic E-state index is 0.331. The Morgan fingerprint density at radius 3 is 2.76 bits per heavy atom. The van der Waals surface area contributed by atoms with E-state index in [1.54, 1.807) is 0 Å². The topological polar surface area (TPSA) is 22.1 Å². The molecule has 1 aliphatic carbocycles. The maximum atomic E-state index is 5.99. The van der Waals surface area contributed by atoms with Gasteiger partial charge < -0.3 is 4.74 Å². The van der Waals surface area contributed by atoms with E-state index in [2.05, 4.69) is 11.9 Å². The molecule has 0 radical (unpaired) electrons. The van der Waals surface area contributed by atoms with Crippen LogP contribution in [-0.4, -0.2) is 11.1 Å². The lowest BCUT2D eigenvalue weighted by atomic mass is 9.88. The zero-order valence-corrected chi connectivity index (χ0v) is 11.3. The molecule has 0 N–H and O–H groups in total. The summed E-state index contributed by atoms with van der Waals surface area (Å²) in [4.78, 5) is 4.47. The Hall–Kier alpha value is -0.760. The molecule has 1 heterocycles. The van der Waals surface area contributed by atoms with Gasteiger partial charge in [0, 0.05) is 17.6 Å². The van der Waals surface area contributed by atoms with Gasteiger partial charge in [-0.3, -0.25) is 0 Å². The molecule has 0 aliphatic heterocycles. The molecular weight excluding hydrogens is 234 g/mol. The minimum atomic E-state index is 0.331. The van der Waals surface area contributed by atoms with E-state index >= 15 is 0 Å².